The second-order valence-corrected chi connectivity index (χ2v) is 8.74. The van der Waals surface area contributed by atoms with Crippen LogP contribution in [0.3, 0.4) is 0 Å². The largest absolute Gasteiger partial charge is 0.334 e. The summed E-state index contributed by atoms with van der Waals surface area (Å²) >= 11 is 0. The summed E-state index contributed by atoms with van der Waals surface area (Å²) in [6.45, 7) is 3.27. The van der Waals surface area contributed by atoms with Crippen molar-refractivity contribution in [3.05, 3.63) is 54.4 Å². The van der Waals surface area contributed by atoms with E-state index in [4.69, 9.17) is 0 Å². The van der Waals surface area contributed by atoms with Gasteiger partial charge in [0.15, 0.2) is 0 Å². The predicted molar refractivity (Wildman–Crippen MR) is 112 cm³/mol. The fraction of sp³-hybridized carbons (Fsp3) is 0.400. The maximum atomic E-state index is 12.7. The van der Waals surface area contributed by atoms with Crippen molar-refractivity contribution in [3.63, 3.8) is 0 Å². The Morgan fingerprint density at radius 2 is 1.93 bits per heavy atom. The first-order valence-electron chi connectivity index (χ1n) is 9.77. The van der Waals surface area contributed by atoms with Crippen LogP contribution in [0.2, 0.25) is 0 Å². The molecule has 1 aromatic carbocycles. The minimum atomic E-state index is -3.62. The number of sulfonamides is 1. The van der Waals surface area contributed by atoms with Gasteiger partial charge in [0, 0.05) is 36.7 Å². The highest BCUT2D eigenvalue weighted by Crippen LogP contribution is 2.18. The molecule has 8 nitrogen and oxygen atoms in total. The Kier molecular flexibility index (Phi) is 7.18. The topological polar surface area (TPSA) is 112 Å². The predicted octanol–water partition coefficient (Wildman–Crippen LogP) is 2.21. The average Bonchev–Trinajstić information content (AvgIpc) is 3.26. The summed E-state index contributed by atoms with van der Waals surface area (Å²) in [7, 11) is -3.62. The molecular formula is C20H27N5O3S. The van der Waals surface area contributed by atoms with Gasteiger partial charge in [-0.15, -0.1) is 0 Å². The summed E-state index contributed by atoms with van der Waals surface area (Å²) in [6, 6.07) is 9.44. The van der Waals surface area contributed by atoms with Gasteiger partial charge >= 0.3 is 6.03 Å². The van der Waals surface area contributed by atoms with E-state index in [-0.39, 0.29) is 23.0 Å². The molecule has 2 amide bonds. The molecule has 1 saturated heterocycles. The monoisotopic (exact) mass is 417 g/mol. The minimum absolute atomic E-state index is 0.140. The Morgan fingerprint density at radius 1 is 1.21 bits per heavy atom. The summed E-state index contributed by atoms with van der Waals surface area (Å²) in [6.07, 6.45) is 6.07. The van der Waals surface area contributed by atoms with Gasteiger partial charge in [0.2, 0.25) is 10.0 Å². The van der Waals surface area contributed by atoms with Crippen LogP contribution in [0.15, 0.2) is 53.7 Å². The zero-order valence-electron chi connectivity index (χ0n) is 16.4. The van der Waals surface area contributed by atoms with E-state index in [2.05, 4.69) is 25.7 Å². The molecular weight excluding hydrogens is 390 g/mol. The molecule has 2 aromatic rings. The second-order valence-electron chi connectivity index (χ2n) is 7.03. The van der Waals surface area contributed by atoms with E-state index in [1.807, 2.05) is 19.1 Å². The normalized spacial score (nSPS) is 17.6. The quantitative estimate of drug-likeness (QED) is 0.526. The highest BCUT2D eigenvalue weighted by atomic mass is 32.2. The number of nitrogens with zero attached hydrogens (tertiary/aromatic N) is 1. The van der Waals surface area contributed by atoms with Crippen LogP contribution in [0.25, 0.3) is 0 Å². The first-order chi connectivity index (χ1) is 14.0. The fourth-order valence-electron chi connectivity index (χ4n) is 3.35. The highest BCUT2D eigenvalue weighted by molar-refractivity contribution is 7.89. The third-order valence-corrected chi connectivity index (χ3v) is 6.46. The number of urea groups is 1. The second kappa shape index (κ2) is 9.82. The van der Waals surface area contributed by atoms with Gasteiger partial charge in [-0.05, 0) is 67.8 Å². The first-order valence-corrected chi connectivity index (χ1v) is 11.3. The molecule has 1 aliphatic rings. The van der Waals surface area contributed by atoms with Crippen molar-refractivity contribution in [1.29, 1.82) is 0 Å². The molecule has 9 heteroatoms. The van der Waals surface area contributed by atoms with Crippen LogP contribution < -0.4 is 20.7 Å². The molecule has 156 valence electrons. The van der Waals surface area contributed by atoms with E-state index in [0.29, 0.717) is 18.7 Å². The molecule has 0 radical (unpaired) electrons. The molecule has 0 saturated carbocycles. The van der Waals surface area contributed by atoms with Crippen LogP contribution in [0, 0.1) is 0 Å². The third kappa shape index (κ3) is 5.99. The van der Waals surface area contributed by atoms with E-state index in [9.17, 15) is 13.2 Å². The molecule has 0 bridgehead atoms. The third-order valence-electron chi connectivity index (χ3n) is 4.96. The number of hydrogen-bond donors (Lipinski definition) is 4. The molecule has 4 N–H and O–H groups in total. The highest BCUT2D eigenvalue weighted by Gasteiger charge is 2.27. The van der Waals surface area contributed by atoms with E-state index in [1.165, 1.54) is 12.1 Å². The number of hydrogen-bond acceptors (Lipinski definition) is 5. The zero-order chi connectivity index (χ0) is 20.7. The summed E-state index contributed by atoms with van der Waals surface area (Å²) in [4.78, 5) is 16.1. The number of amides is 2. The molecule has 29 heavy (non-hydrogen) atoms. The first kappa shape index (κ1) is 21.2. The Labute approximate surface area is 171 Å². The van der Waals surface area contributed by atoms with Gasteiger partial charge in [-0.1, -0.05) is 6.92 Å². The molecule has 2 heterocycles. The average molecular weight is 418 g/mol. The van der Waals surface area contributed by atoms with Crippen LogP contribution in [-0.2, 0) is 16.6 Å². The SMILES string of the molecule is CCC(NS(=O)(=O)c1ccc(NC(=O)NCc2ccncc2)cc1)C1CCCN1. The van der Waals surface area contributed by atoms with Gasteiger partial charge in [-0.3, -0.25) is 4.98 Å². The molecule has 0 spiro atoms. The number of pyridine rings is 1. The van der Waals surface area contributed by atoms with Crippen LogP contribution in [-0.4, -0.2) is 38.1 Å². The lowest BCUT2D eigenvalue weighted by atomic mass is 10.1. The number of benzene rings is 1. The van der Waals surface area contributed by atoms with Gasteiger partial charge < -0.3 is 16.0 Å². The van der Waals surface area contributed by atoms with Crippen molar-refractivity contribution in [2.75, 3.05) is 11.9 Å². The Hall–Kier alpha value is -2.49. The van der Waals surface area contributed by atoms with Crippen molar-refractivity contribution in [1.82, 2.24) is 20.3 Å². The Morgan fingerprint density at radius 3 is 2.55 bits per heavy atom. The van der Waals surface area contributed by atoms with Crippen LogP contribution in [0.5, 0.6) is 0 Å². The molecule has 2 atom stereocenters. The van der Waals surface area contributed by atoms with Crippen molar-refractivity contribution in [2.45, 2.75) is 49.7 Å². The molecule has 3 rings (SSSR count). The Balaban J connectivity index is 1.56. The van der Waals surface area contributed by atoms with Gasteiger partial charge in [0.1, 0.15) is 0 Å². The van der Waals surface area contributed by atoms with Gasteiger partial charge in [0.05, 0.1) is 4.90 Å². The van der Waals surface area contributed by atoms with E-state index in [1.54, 1.807) is 24.5 Å². The van der Waals surface area contributed by atoms with Crippen molar-refractivity contribution in [3.8, 4) is 0 Å². The molecule has 2 unspecified atom stereocenters. The number of anilines is 1. The van der Waals surface area contributed by atoms with Crippen LogP contribution >= 0.6 is 0 Å². The summed E-state index contributed by atoms with van der Waals surface area (Å²) in [5, 5.41) is 8.79. The standard InChI is InChI=1S/C20H27N5O3S/c1-2-18(19-4-3-11-22-19)25-29(27,28)17-7-5-16(6-8-17)24-20(26)23-14-15-9-12-21-13-10-15/h5-10,12-13,18-19,22,25H,2-4,11,14H2,1H3,(H2,23,24,26). The molecule has 1 fully saturated rings. The summed E-state index contributed by atoms with van der Waals surface area (Å²) in [5.41, 5.74) is 1.45. The van der Waals surface area contributed by atoms with E-state index in [0.717, 1.165) is 24.9 Å². The minimum Gasteiger partial charge on any atom is -0.334 e. The lowest BCUT2D eigenvalue weighted by molar-refractivity contribution is 0.251. The van der Waals surface area contributed by atoms with E-state index >= 15 is 0 Å². The van der Waals surface area contributed by atoms with Gasteiger partial charge in [-0.2, -0.15) is 0 Å². The van der Waals surface area contributed by atoms with Gasteiger partial charge in [-0.25, -0.2) is 17.9 Å². The number of aromatic nitrogens is 1. The molecule has 1 aliphatic heterocycles. The number of carbonyl (C=O) groups excluding carboxylic acids is 1. The van der Waals surface area contributed by atoms with Gasteiger partial charge in [0.25, 0.3) is 0 Å². The number of carbonyl (C=O) groups is 1. The number of nitrogens with one attached hydrogen (secondary N) is 4. The van der Waals surface area contributed by atoms with Crippen molar-refractivity contribution >= 4 is 21.7 Å². The smallest absolute Gasteiger partial charge is 0.319 e. The summed E-state index contributed by atoms with van der Waals surface area (Å²) in [5.74, 6) is 0. The Bertz CT molecular complexity index is 897. The molecule has 0 aliphatic carbocycles. The lowest BCUT2D eigenvalue weighted by Gasteiger charge is -2.23. The molecule has 1 aromatic heterocycles. The maximum Gasteiger partial charge on any atom is 0.319 e. The lowest BCUT2D eigenvalue weighted by Crippen LogP contribution is -2.46. The zero-order valence-corrected chi connectivity index (χ0v) is 17.2. The summed E-state index contributed by atoms with van der Waals surface area (Å²) < 4.78 is 28.2. The van der Waals surface area contributed by atoms with Crippen molar-refractivity contribution in [2.24, 2.45) is 0 Å². The van der Waals surface area contributed by atoms with Crippen LogP contribution in [0.4, 0.5) is 10.5 Å². The van der Waals surface area contributed by atoms with Crippen LogP contribution in [0.1, 0.15) is 31.7 Å². The van der Waals surface area contributed by atoms with E-state index < -0.39 is 10.0 Å². The van der Waals surface area contributed by atoms with Crippen molar-refractivity contribution < 1.29 is 13.2 Å². The maximum absolute atomic E-state index is 12.7. The fourth-order valence-corrected chi connectivity index (χ4v) is 4.71. The number of rotatable bonds is 8.